The molecule has 2 aromatic rings. The summed E-state index contributed by atoms with van der Waals surface area (Å²) < 4.78 is 63.1. The molecule has 0 saturated heterocycles. The van der Waals surface area contributed by atoms with Gasteiger partial charge in [-0.25, -0.2) is 19.4 Å². The fourth-order valence-electron chi connectivity index (χ4n) is 1.83. The van der Waals surface area contributed by atoms with Crippen LogP contribution < -0.4 is 5.73 Å². The fourth-order valence-corrected chi connectivity index (χ4v) is 2.94. The van der Waals surface area contributed by atoms with Crippen LogP contribution in [-0.4, -0.2) is 31.9 Å². The number of aromatic nitrogens is 2. The maximum Gasteiger partial charge on any atom is 0.400 e. The second-order valence-corrected chi connectivity index (χ2v) is 6.19. The van der Waals surface area contributed by atoms with Crippen molar-refractivity contribution in [2.24, 2.45) is 10.7 Å². The highest BCUT2D eigenvalue weighted by molar-refractivity contribution is 7.85. The quantitative estimate of drug-likeness (QED) is 0.516. The molecule has 128 valence electrons. The summed E-state index contributed by atoms with van der Waals surface area (Å²) in [4.78, 5) is 11.2. The molecular formula is C14H12F4N4OS. The molecule has 0 spiro atoms. The molecule has 1 aromatic carbocycles. The van der Waals surface area contributed by atoms with Crippen molar-refractivity contribution in [1.82, 2.24) is 9.97 Å². The van der Waals surface area contributed by atoms with Crippen LogP contribution in [0.3, 0.4) is 0 Å². The molecule has 1 heterocycles. The largest absolute Gasteiger partial charge is 0.400 e. The molecule has 1 atom stereocenters. The van der Waals surface area contributed by atoms with Crippen molar-refractivity contribution < 1.29 is 21.8 Å². The van der Waals surface area contributed by atoms with E-state index < -0.39 is 28.5 Å². The van der Waals surface area contributed by atoms with Gasteiger partial charge in [0, 0.05) is 11.1 Å². The van der Waals surface area contributed by atoms with Crippen LogP contribution >= 0.6 is 0 Å². The van der Waals surface area contributed by atoms with Gasteiger partial charge in [-0.2, -0.15) is 13.2 Å². The average Bonchev–Trinajstić information content (AvgIpc) is 2.49. The van der Waals surface area contributed by atoms with Crippen molar-refractivity contribution in [3.8, 4) is 0 Å². The molecule has 0 amide bonds. The minimum Gasteiger partial charge on any atom is -0.382 e. The first-order valence-electron chi connectivity index (χ1n) is 6.53. The normalized spacial score (nSPS) is 13.8. The Morgan fingerprint density at radius 2 is 2.08 bits per heavy atom. The standard InChI is InChI=1S/C14H12F4N4OS/c1-8-4-9(15)11(5-12(8)24(23)6-14(16,17)18)22-13(19)10-2-3-20-7-21-10/h2-5,7H,6H2,1H3,(H2,19,22). The van der Waals surface area contributed by atoms with Gasteiger partial charge in [-0.05, 0) is 30.7 Å². The Morgan fingerprint density at radius 1 is 1.38 bits per heavy atom. The number of hydrogen-bond acceptors (Lipinski definition) is 4. The minimum atomic E-state index is -4.60. The second kappa shape index (κ2) is 7.04. The van der Waals surface area contributed by atoms with E-state index in [-0.39, 0.29) is 27.7 Å². The van der Waals surface area contributed by atoms with E-state index in [0.717, 1.165) is 12.1 Å². The summed E-state index contributed by atoms with van der Waals surface area (Å²) in [5, 5.41) is 0. The van der Waals surface area contributed by atoms with E-state index in [9.17, 15) is 21.8 Å². The topological polar surface area (TPSA) is 81.2 Å². The monoisotopic (exact) mass is 360 g/mol. The zero-order valence-corrected chi connectivity index (χ0v) is 13.2. The van der Waals surface area contributed by atoms with Crippen LogP contribution in [0.25, 0.3) is 0 Å². The predicted octanol–water partition coefficient (Wildman–Crippen LogP) is 2.63. The van der Waals surface area contributed by atoms with Gasteiger partial charge in [-0.15, -0.1) is 0 Å². The van der Waals surface area contributed by atoms with E-state index in [0.29, 0.717) is 0 Å². The van der Waals surface area contributed by atoms with Gasteiger partial charge in [0.05, 0.1) is 10.8 Å². The lowest BCUT2D eigenvalue weighted by atomic mass is 10.2. The minimum absolute atomic E-state index is 0.134. The van der Waals surface area contributed by atoms with E-state index in [1.807, 2.05) is 0 Å². The Hall–Kier alpha value is -2.36. The van der Waals surface area contributed by atoms with E-state index in [2.05, 4.69) is 15.0 Å². The van der Waals surface area contributed by atoms with Crippen molar-refractivity contribution in [1.29, 1.82) is 0 Å². The Morgan fingerprint density at radius 3 is 2.67 bits per heavy atom. The number of aliphatic imine (C=N–C) groups is 1. The van der Waals surface area contributed by atoms with E-state index in [1.165, 1.54) is 25.5 Å². The highest BCUT2D eigenvalue weighted by Crippen LogP contribution is 2.28. The molecule has 0 radical (unpaired) electrons. The van der Waals surface area contributed by atoms with Crippen LogP contribution in [0.4, 0.5) is 23.2 Å². The van der Waals surface area contributed by atoms with Crippen LogP contribution in [0, 0.1) is 12.7 Å². The summed E-state index contributed by atoms with van der Waals surface area (Å²) >= 11 is 0. The summed E-state index contributed by atoms with van der Waals surface area (Å²) in [6, 6.07) is 3.41. The summed E-state index contributed by atoms with van der Waals surface area (Å²) in [6.45, 7) is 1.37. The first kappa shape index (κ1) is 18.0. The van der Waals surface area contributed by atoms with Crippen molar-refractivity contribution in [2.75, 3.05) is 5.75 Å². The van der Waals surface area contributed by atoms with Gasteiger partial charge in [0.25, 0.3) is 0 Å². The third-order valence-electron chi connectivity index (χ3n) is 2.87. The molecule has 0 aliphatic carbocycles. The molecule has 2 rings (SSSR count). The number of hydrogen-bond donors (Lipinski definition) is 1. The molecular weight excluding hydrogens is 348 g/mol. The number of rotatable bonds is 4. The maximum atomic E-state index is 14.0. The van der Waals surface area contributed by atoms with Crippen molar-refractivity contribution in [3.63, 3.8) is 0 Å². The maximum absolute atomic E-state index is 14.0. The molecule has 0 aliphatic rings. The molecule has 10 heteroatoms. The van der Waals surface area contributed by atoms with E-state index in [1.54, 1.807) is 0 Å². The molecule has 0 bridgehead atoms. The third kappa shape index (κ3) is 4.57. The molecule has 2 N–H and O–H groups in total. The lowest BCUT2D eigenvalue weighted by Crippen LogP contribution is -2.19. The molecule has 1 unspecified atom stereocenters. The summed E-state index contributed by atoms with van der Waals surface area (Å²) in [7, 11) is -2.37. The Kier molecular flexibility index (Phi) is 5.27. The van der Waals surface area contributed by atoms with Crippen LogP contribution in [-0.2, 0) is 10.8 Å². The smallest absolute Gasteiger partial charge is 0.382 e. The number of aryl methyl sites for hydroxylation is 1. The van der Waals surface area contributed by atoms with Crippen molar-refractivity contribution >= 4 is 22.3 Å². The van der Waals surface area contributed by atoms with E-state index in [4.69, 9.17) is 5.73 Å². The Labute approximate surface area is 137 Å². The lowest BCUT2D eigenvalue weighted by Gasteiger charge is -2.10. The van der Waals surface area contributed by atoms with Gasteiger partial charge in [-0.3, -0.25) is 4.21 Å². The van der Waals surface area contributed by atoms with Crippen molar-refractivity contribution in [3.05, 3.63) is 47.8 Å². The van der Waals surface area contributed by atoms with Crippen LogP contribution in [0.1, 0.15) is 11.3 Å². The molecule has 1 aromatic heterocycles. The number of alkyl halides is 3. The van der Waals surface area contributed by atoms with Gasteiger partial charge in [0.1, 0.15) is 35.1 Å². The average molecular weight is 360 g/mol. The molecule has 0 saturated carbocycles. The summed E-state index contributed by atoms with van der Waals surface area (Å²) in [6.07, 6.45) is -1.98. The molecule has 5 nitrogen and oxygen atoms in total. The highest BCUT2D eigenvalue weighted by Gasteiger charge is 2.31. The second-order valence-electron chi connectivity index (χ2n) is 4.77. The van der Waals surface area contributed by atoms with Gasteiger partial charge in [-0.1, -0.05) is 0 Å². The summed E-state index contributed by atoms with van der Waals surface area (Å²) in [5.74, 6) is -2.46. The van der Waals surface area contributed by atoms with Crippen LogP contribution in [0.2, 0.25) is 0 Å². The molecule has 0 aliphatic heterocycles. The fraction of sp³-hybridized carbons (Fsp3) is 0.214. The van der Waals surface area contributed by atoms with Crippen molar-refractivity contribution in [2.45, 2.75) is 18.0 Å². The number of amidine groups is 1. The Balaban J connectivity index is 2.41. The number of halogens is 4. The Bertz CT molecular complexity index is 793. The highest BCUT2D eigenvalue weighted by atomic mass is 32.2. The predicted molar refractivity (Wildman–Crippen MR) is 80.9 cm³/mol. The number of benzene rings is 1. The van der Waals surface area contributed by atoms with Gasteiger partial charge in [0.2, 0.25) is 0 Å². The number of nitrogens with zero attached hydrogens (tertiary/aromatic N) is 3. The van der Waals surface area contributed by atoms with Crippen LogP contribution in [0.5, 0.6) is 0 Å². The van der Waals surface area contributed by atoms with E-state index >= 15 is 0 Å². The number of nitrogens with two attached hydrogens (primary N) is 1. The SMILES string of the molecule is Cc1cc(F)c(N=C(N)c2ccncn2)cc1S(=O)CC(F)(F)F. The van der Waals surface area contributed by atoms with Gasteiger partial charge >= 0.3 is 6.18 Å². The van der Waals surface area contributed by atoms with Crippen LogP contribution in [0.15, 0.2) is 40.6 Å². The molecule has 0 fully saturated rings. The first-order valence-corrected chi connectivity index (χ1v) is 7.85. The van der Waals surface area contributed by atoms with Gasteiger partial charge in [0.15, 0.2) is 0 Å². The lowest BCUT2D eigenvalue weighted by molar-refractivity contribution is -0.105. The van der Waals surface area contributed by atoms with Gasteiger partial charge < -0.3 is 5.73 Å². The third-order valence-corrected chi connectivity index (χ3v) is 4.39. The zero-order chi connectivity index (χ0) is 17.9. The molecule has 24 heavy (non-hydrogen) atoms. The summed E-state index contributed by atoms with van der Waals surface area (Å²) in [5.41, 5.74) is 5.74. The first-order chi connectivity index (χ1) is 11.2. The zero-order valence-electron chi connectivity index (χ0n) is 12.3.